The summed E-state index contributed by atoms with van der Waals surface area (Å²) in [6.07, 6.45) is 0. The third kappa shape index (κ3) is 4.93. The molecule has 284 valence electrons. The third-order valence-corrected chi connectivity index (χ3v) is 12.5. The third-order valence-electron chi connectivity index (χ3n) is 12.5. The van der Waals surface area contributed by atoms with Gasteiger partial charge in [-0.1, -0.05) is 120 Å². The first-order valence-electron chi connectivity index (χ1n) is 20.3. The molecule has 1 aliphatic rings. The van der Waals surface area contributed by atoms with Crippen molar-refractivity contribution in [3.8, 4) is 5.69 Å². The van der Waals surface area contributed by atoms with E-state index in [0.29, 0.717) is 0 Å². The maximum Gasteiger partial charge on any atom is 0.118 e. The average molecular weight is 763 g/mol. The van der Waals surface area contributed by atoms with Gasteiger partial charge in [0, 0.05) is 10.8 Å². The Kier molecular flexibility index (Phi) is 7.67. The van der Waals surface area contributed by atoms with Crippen LogP contribution in [0.25, 0.3) is 49.6 Å². The number of para-hydroxylation sites is 2. The van der Waals surface area contributed by atoms with Crippen LogP contribution in [0.1, 0.15) is 56.2 Å². The molecular weight excluding hydrogens is 721 g/mol. The van der Waals surface area contributed by atoms with Crippen molar-refractivity contribution in [2.45, 2.75) is 47.0 Å². The fourth-order valence-electron chi connectivity index (χ4n) is 9.66. The first kappa shape index (κ1) is 35.0. The maximum absolute atomic E-state index is 5.52. The Balaban J connectivity index is 1.34. The van der Waals surface area contributed by atoms with Gasteiger partial charge in [0.15, 0.2) is 0 Å². The van der Waals surface area contributed by atoms with Crippen LogP contribution < -0.4 is 4.90 Å². The van der Waals surface area contributed by atoms with Crippen LogP contribution in [0.3, 0.4) is 0 Å². The molecule has 0 atom stereocenters. The van der Waals surface area contributed by atoms with Gasteiger partial charge in [0.1, 0.15) is 33.4 Å². The van der Waals surface area contributed by atoms with Gasteiger partial charge < -0.3 is 9.47 Å². The Morgan fingerprint density at radius 3 is 1.19 bits per heavy atom. The van der Waals surface area contributed by atoms with Crippen LogP contribution in [0.2, 0.25) is 0 Å². The molecule has 0 bridgehead atoms. The average Bonchev–Trinajstić information content (AvgIpc) is 3.56. The largest absolute Gasteiger partial charge is 0.306 e. The number of aryl methyl sites for hydroxylation is 6. The standard InChI is InChI=1S/C53H42N6/c1-31-25-27-43-39(29-31)40-30-32(2)26-28-44(40)58(43)51-47-49(56-35(5)33(3)54-47)52(50-48(51)55-34(4)36(6)57-50)59-45-23-15-13-21-41(45)53(37-17-9-7-10-18-37,38-19-11-8-12-20-38)42-22-14-16-24-46(42)59/h7-30H,1-6H3. The number of hydrogen-bond donors (Lipinski definition) is 0. The Labute approximate surface area is 343 Å². The second-order valence-electron chi connectivity index (χ2n) is 16.1. The summed E-state index contributed by atoms with van der Waals surface area (Å²) in [6.45, 7) is 12.5. The van der Waals surface area contributed by atoms with Gasteiger partial charge in [-0.25, -0.2) is 19.9 Å². The molecule has 59 heavy (non-hydrogen) atoms. The fourth-order valence-corrected chi connectivity index (χ4v) is 9.66. The number of anilines is 3. The van der Waals surface area contributed by atoms with Crippen molar-refractivity contribution in [1.82, 2.24) is 24.5 Å². The second kappa shape index (κ2) is 12.9. The maximum atomic E-state index is 5.52. The molecule has 11 rings (SSSR count). The van der Waals surface area contributed by atoms with Crippen LogP contribution in [0.5, 0.6) is 0 Å². The van der Waals surface area contributed by atoms with Crippen LogP contribution in [-0.4, -0.2) is 24.5 Å². The summed E-state index contributed by atoms with van der Waals surface area (Å²) in [6, 6.07) is 53.0. The number of fused-ring (bicyclic) bond motifs is 7. The Bertz CT molecular complexity index is 3130. The van der Waals surface area contributed by atoms with E-state index in [-0.39, 0.29) is 0 Å². The monoisotopic (exact) mass is 762 g/mol. The van der Waals surface area contributed by atoms with Gasteiger partial charge in [-0.15, -0.1) is 0 Å². The van der Waals surface area contributed by atoms with Gasteiger partial charge >= 0.3 is 0 Å². The number of rotatable bonds is 4. The number of benzene rings is 7. The van der Waals surface area contributed by atoms with Crippen LogP contribution >= 0.6 is 0 Å². The Morgan fingerprint density at radius 1 is 0.390 bits per heavy atom. The van der Waals surface area contributed by atoms with Crippen LogP contribution in [0.4, 0.5) is 17.1 Å². The van der Waals surface area contributed by atoms with Crippen molar-refractivity contribution < 1.29 is 0 Å². The number of aromatic nitrogens is 5. The lowest BCUT2D eigenvalue weighted by atomic mass is 9.62. The normalized spacial score (nSPS) is 13.4. The van der Waals surface area contributed by atoms with Crippen LogP contribution in [0.15, 0.2) is 146 Å². The van der Waals surface area contributed by atoms with Gasteiger partial charge in [-0.3, -0.25) is 0 Å². The topological polar surface area (TPSA) is 59.7 Å². The van der Waals surface area contributed by atoms with Crippen molar-refractivity contribution in [3.05, 3.63) is 202 Å². The first-order valence-corrected chi connectivity index (χ1v) is 20.3. The molecule has 6 heteroatoms. The highest BCUT2D eigenvalue weighted by Gasteiger charge is 2.47. The summed E-state index contributed by atoms with van der Waals surface area (Å²) in [7, 11) is 0. The minimum atomic E-state index is -0.618. The second-order valence-corrected chi connectivity index (χ2v) is 16.1. The van der Waals surface area contributed by atoms with E-state index in [4.69, 9.17) is 19.9 Å². The molecule has 3 aromatic heterocycles. The smallest absolute Gasteiger partial charge is 0.118 e. The quantitative estimate of drug-likeness (QED) is 0.167. The van der Waals surface area contributed by atoms with E-state index < -0.39 is 5.41 Å². The van der Waals surface area contributed by atoms with Crippen molar-refractivity contribution in [2.24, 2.45) is 0 Å². The fraction of sp³-hybridized carbons (Fsp3) is 0.132. The highest BCUT2D eigenvalue weighted by Crippen LogP contribution is 2.59. The molecule has 7 aromatic carbocycles. The number of hydrogen-bond acceptors (Lipinski definition) is 5. The lowest BCUT2D eigenvalue weighted by Gasteiger charge is -2.46. The highest BCUT2D eigenvalue weighted by atomic mass is 15.2. The molecule has 0 N–H and O–H groups in total. The molecule has 0 saturated heterocycles. The van der Waals surface area contributed by atoms with Crippen molar-refractivity contribution in [1.29, 1.82) is 0 Å². The Hall–Kier alpha value is -7.18. The molecule has 0 spiro atoms. The molecule has 0 amide bonds. The molecule has 0 radical (unpaired) electrons. The molecular formula is C53H42N6. The predicted octanol–water partition coefficient (Wildman–Crippen LogP) is 12.7. The zero-order valence-electron chi connectivity index (χ0n) is 34.0. The predicted molar refractivity (Wildman–Crippen MR) is 242 cm³/mol. The summed E-state index contributed by atoms with van der Waals surface area (Å²) in [5.41, 5.74) is 19.2. The van der Waals surface area contributed by atoms with Crippen molar-refractivity contribution in [2.75, 3.05) is 4.90 Å². The molecule has 0 aliphatic carbocycles. The lowest BCUT2D eigenvalue weighted by molar-refractivity contribution is 0.731. The molecule has 1 aliphatic heterocycles. The zero-order valence-corrected chi connectivity index (χ0v) is 34.0. The van der Waals surface area contributed by atoms with E-state index in [1.54, 1.807) is 0 Å². The molecule has 0 unspecified atom stereocenters. The lowest BCUT2D eigenvalue weighted by Crippen LogP contribution is -2.37. The van der Waals surface area contributed by atoms with Gasteiger partial charge in [-0.2, -0.15) is 0 Å². The van der Waals surface area contributed by atoms with Gasteiger partial charge in [0.25, 0.3) is 0 Å². The van der Waals surface area contributed by atoms with Crippen LogP contribution in [0, 0.1) is 41.5 Å². The number of nitrogens with zero attached hydrogens (tertiary/aromatic N) is 6. The molecule has 4 heterocycles. The van der Waals surface area contributed by atoms with Gasteiger partial charge in [-0.05, 0) is 100 Å². The van der Waals surface area contributed by atoms with Gasteiger partial charge in [0.05, 0.1) is 50.6 Å². The van der Waals surface area contributed by atoms with E-state index in [9.17, 15) is 0 Å². The van der Waals surface area contributed by atoms with E-state index in [0.717, 1.165) is 78.6 Å². The SMILES string of the molecule is Cc1ccc2c(c1)c1cc(C)ccc1n2-c1c2nc(C)c(C)nc2c(N2c3ccccc3C(c3ccccc3)(c3ccccc3)c3ccccc32)c2nc(C)c(C)nc12. The molecule has 10 aromatic rings. The molecule has 0 fully saturated rings. The van der Waals surface area contributed by atoms with E-state index >= 15 is 0 Å². The first-order chi connectivity index (χ1) is 28.8. The minimum absolute atomic E-state index is 0.618. The van der Waals surface area contributed by atoms with E-state index in [1.165, 1.54) is 44.2 Å². The molecule has 0 saturated carbocycles. The van der Waals surface area contributed by atoms with Gasteiger partial charge in [0.2, 0.25) is 0 Å². The Morgan fingerprint density at radius 2 is 0.763 bits per heavy atom. The van der Waals surface area contributed by atoms with Crippen molar-refractivity contribution >= 4 is 60.9 Å². The highest BCUT2D eigenvalue weighted by molar-refractivity contribution is 6.18. The minimum Gasteiger partial charge on any atom is -0.306 e. The summed E-state index contributed by atoms with van der Waals surface area (Å²) in [4.78, 5) is 24.4. The van der Waals surface area contributed by atoms with E-state index in [1.807, 2.05) is 0 Å². The summed E-state index contributed by atoms with van der Waals surface area (Å²) in [5.74, 6) is 0. The summed E-state index contributed by atoms with van der Waals surface area (Å²) >= 11 is 0. The van der Waals surface area contributed by atoms with Crippen LogP contribution in [-0.2, 0) is 5.41 Å². The summed E-state index contributed by atoms with van der Waals surface area (Å²) in [5, 5.41) is 2.39. The van der Waals surface area contributed by atoms with Crippen molar-refractivity contribution in [3.63, 3.8) is 0 Å². The van der Waals surface area contributed by atoms with E-state index in [2.05, 4.69) is 197 Å². The summed E-state index contributed by atoms with van der Waals surface area (Å²) < 4.78 is 2.36. The zero-order chi connectivity index (χ0) is 40.2. The molecule has 6 nitrogen and oxygen atoms in total.